The second kappa shape index (κ2) is 6.24. The van der Waals surface area contributed by atoms with E-state index >= 15 is 0 Å². The number of anilines is 1. The first-order valence-corrected chi connectivity index (χ1v) is 8.70. The maximum absolute atomic E-state index is 13.7. The number of halogens is 2. The van der Waals surface area contributed by atoms with Crippen LogP contribution in [0.1, 0.15) is 10.4 Å². The van der Waals surface area contributed by atoms with Crippen molar-refractivity contribution in [3.8, 4) is 0 Å². The van der Waals surface area contributed by atoms with E-state index in [0.29, 0.717) is 5.69 Å². The number of benzene rings is 2. The predicted molar refractivity (Wildman–Crippen MR) is 90.8 cm³/mol. The van der Waals surface area contributed by atoms with E-state index in [0.717, 1.165) is 14.6 Å². The van der Waals surface area contributed by atoms with Crippen LogP contribution in [0, 0.1) is 5.82 Å². The minimum Gasteiger partial charge on any atom is -0.322 e. The van der Waals surface area contributed by atoms with Crippen molar-refractivity contribution >= 4 is 56.5 Å². The van der Waals surface area contributed by atoms with Crippen molar-refractivity contribution in [2.24, 2.45) is 0 Å². The minimum atomic E-state index is -0.645. The van der Waals surface area contributed by atoms with E-state index in [2.05, 4.69) is 10.3 Å². The Hall–Kier alpha value is -1.63. The van der Waals surface area contributed by atoms with Crippen LogP contribution < -0.4 is 5.32 Å². The fourth-order valence-electron chi connectivity index (χ4n) is 1.98. The number of fused-ring (bicyclic) bond motifs is 1. The maximum atomic E-state index is 13.7. The van der Waals surface area contributed by atoms with Gasteiger partial charge in [0.05, 0.1) is 20.8 Å². The van der Waals surface area contributed by atoms with Crippen LogP contribution in [0.5, 0.6) is 0 Å². The Morgan fingerprint density at radius 2 is 2.18 bits per heavy atom. The van der Waals surface area contributed by atoms with Crippen LogP contribution in [0.4, 0.5) is 10.1 Å². The first-order chi connectivity index (χ1) is 10.6. The fraction of sp³-hybridized carbons (Fsp3) is 0.0667. The van der Waals surface area contributed by atoms with Gasteiger partial charge in [0, 0.05) is 5.69 Å². The Labute approximate surface area is 139 Å². The molecule has 1 heterocycles. The molecule has 22 heavy (non-hydrogen) atoms. The Morgan fingerprint density at radius 1 is 1.36 bits per heavy atom. The van der Waals surface area contributed by atoms with E-state index in [1.54, 1.807) is 29.2 Å². The van der Waals surface area contributed by atoms with Crippen LogP contribution in [0.25, 0.3) is 10.2 Å². The largest absolute Gasteiger partial charge is 0.322 e. The molecular weight excluding hydrogens is 343 g/mol. The average molecular weight is 353 g/mol. The molecule has 1 aromatic heterocycles. The van der Waals surface area contributed by atoms with Crippen molar-refractivity contribution in [2.75, 3.05) is 11.6 Å². The Morgan fingerprint density at radius 3 is 2.91 bits per heavy atom. The highest BCUT2D eigenvalue weighted by Gasteiger charge is 2.16. The highest BCUT2D eigenvalue weighted by Crippen LogP contribution is 2.30. The standard InChI is InChI=1S/C15H10ClFN2OS2/c1-21-15-19-11-6-5-8(7-12(11)22-15)18-14(20)13-9(16)3-2-4-10(13)17/h2-7H,1H3,(H,18,20). The van der Waals surface area contributed by atoms with Gasteiger partial charge in [-0.25, -0.2) is 9.37 Å². The van der Waals surface area contributed by atoms with Gasteiger partial charge in [-0.1, -0.05) is 29.4 Å². The molecule has 0 aliphatic carbocycles. The van der Waals surface area contributed by atoms with Crippen LogP contribution in [0.3, 0.4) is 0 Å². The molecule has 0 radical (unpaired) electrons. The zero-order chi connectivity index (χ0) is 15.7. The van der Waals surface area contributed by atoms with Crippen molar-refractivity contribution in [1.82, 2.24) is 4.98 Å². The topological polar surface area (TPSA) is 42.0 Å². The Bertz CT molecular complexity index is 846. The average Bonchev–Trinajstić information content (AvgIpc) is 2.89. The Balaban J connectivity index is 1.90. The molecule has 0 unspecified atom stereocenters. The summed E-state index contributed by atoms with van der Waals surface area (Å²) in [4.78, 5) is 16.6. The van der Waals surface area contributed by atoms with E-state index in [-0.39, 0.29) is 10.6 Å². The van der Waals surface area contributed by atoms with Crippen LogP contribution >= 0.6 is 34.7 Å². The van der Waals surface area contributed by atoms with Crippen LogP contribution in [-0.4, -0.2) is 17.1 Å². The molecule has 0 atom stereocenters. The zero-order valence-electron chi connectivity index (χ0n) is 11.4. The lowest BCUT2D eigenvalue weighted by Gasteiger charge is -2.07. The van der Waals surface area contributed by atoms with Gasteiger partial charge in [0.2, 0.25) is 0 Å². The third kappa shape index (κ3) is 2.95. The number of hydrogen-bond acceptors (Lipinski definition) is 4. The highest BCUT2D eigenvalue weighted by molar-refractivity contribution is 8.00. The highest BCUT2D eigenvalue weighted by atomic mass is 35.5. The summed E-state index contributed by atoms with van der Waals surface area (Å²) in [6, 6.07) is 9.53. The molecule has 0 spiro atoms. The summed E-state index contributed by atoms with van der Waals surface area (Å²) in [7, 11) is 0. The molecule has 7 heteroatoms. The molecule has 2 aromatic carbocycles. The number of hydrogen-bond donors (Lipinski definition) is 1. The molecule has 1 amide bonds. The SMILES string of the molecule is CSc1nc2ccc(NC(=O)c3c(F)cccc3Cl)cc2s1. The number of rotatable bonds is 3. The number of carbonyl (C=O) groups excluding carboxylic acids is 1. The number of amides is 1. The summed E-state index contributed by atoms with van der Waals surface area (Å²) in [5.74, 6) is -1.22. The van der Waals surface area contributed by atoms with E-state index < -0.39 is 11.7 Å². The van der Waals surface area contributed by atoms with E-state index in [1.807, 2.05) is 18.4 Å². The van der Waals surface area contributed by atoms with Gasteiger partial charge in [-0.3, -0.25) is 4.79 Å². The maximum Gasteiger partial charge on any atom is 0.260 e. The number of nitrogens with one attached hydrogen (secondary N) is 1. The third-order valence-electron chi connectivity index (χ3n) is 2.99. The molecular formula is C15H10ClFN2OS2. The second-order valence-electron chi connectivity index (χ2n) is 4.42. The van der Waals surface area contributed by atoms with Gasteiger partial charge in [-0.15, -0.1) is 11.3 Å². The zero-order valence-corrected chi connectivity index (χ0v) is 13.8. The summed E-state index contributed by atoms with van der Waals surface area (Å²) in [5, 5.41) is 2.75. The molecule has 3 nitrogen and oxygen atoms in total. The lowest BCUT2D eigenvalue weighted by molar-refractivity contribution is 0.102. The van der Waals surface area contributed by atoms with Crippen LogP contribution in [-0.2, 0) is 0 Å². The van der Waals surface area contributed by atoms with Gasteiger partial charge in [-0.2, -0.15) is 0 Å². The normalized spacial score (nSPS) is 10.9. The molecule has 0 fully saturated rings. The molecule has 3 aromatic rings. The predicted octanol–water partition coefficient (Wildman–Crippen LogP) is 5.06. The first kappa shape index (κ1) is 15.3. The van der Waals surface area contributed by atoms with Crippen molar-refractivity contribution in [3.63, 3.8) is 0 Å². The van der Waals surface area contributed by atoms with Crippen molar-refractivity contribution in [1.29, 1.82) is 0 Å². The van der Waals surface area contributed by atoms with Crippen LogP contribution in [0.15, 0.2) is 40.7 Å². The molecule has 112 valence electrons. The van der Waals surface area contributed by atoms with Crippen LogP contribution in [0.2, 0.25) is 5.02 Å². The summed E-state index contributed by atoms with van der Waals surface area (Å²) in [6.07, 6.45) is 1.96. The lowest BCUT2D eigenvalue weighted by Crippen LogP contribution is -2.14. The quantitative estimate of drug-likeness (QED) is 0.670. The first-order valence-electron chi connectivity index (χ1n) is 6.28. The van der Waals surface area contributed by atoms with Crippen molar-refractivity contribution in [2.45, 2.75) is 4.34 Å². The van der Waals surface area contributed by atoms with Gasteiger partial charge in [-0.05, 0) is 36.6 Å². The van der Waals surface area contributed by atoms with E-state index in [4.69, 9.17) is 11.6 Å². The molecule has 0 saturated carbocycles. The minimum absolute atomic E-state index is 0.0843. The van der Waals surface area contributed by atoms with E-state index in [1.165, 1.54) is 18.2 Å². The lowest BCUT2D eigenvalue weighted by atomic mass is 10.2. The number of carbonyl (C=O) groups is 1. The Kier molecular flexibility index (Phi) is 4.33. The molecule has 1 N–H and O–H groups in total. The van der Waals surface area contributed by atoms with Crippen molar-refractivity contribution < 1.29 is 9.18 Å². The molecule has 0 saturated heterocycles. The monoisotopic (exact) mass is 352 g/mol. The van der Waals surface area contributed by atoms with Gasteiger partial charge in [0.1, 0.15) is 5.82 Å². The summed E-state index contributed by atoms with van der Waals surface area (Å²) >= 11 is 9.01. The van der Waals surface area contributed by atoms with E-state index in [9.17, 15) is 9.18 Å². The fourth-order valence-corrected chi connectivity index (χ4v) is 3.75. The second-order valence-corrected chi connectivity index (χ2v) is 6.91. The molecule has 0 bridgehead atoms. The van der Waals surface area contributed by atoms with Gasteiger partial charge >= 0.3 is 0 Å². The van der Waals surface area contributed by atoms with Gasteiger partial charge in [0.25, 0.3) is 5.91 Å². The smallest absolute Gasteiger partial charge is 0.260 e. The third-order valence-corrected chi connectivity index (χ3v) is 5.31. The van der Waals surface area contributed by atoms with Crippen molar-refractivity contribution in [3.05, 3.63) is 52.8 Å². The van der Waals surface area contributed by atoms with Gasteiger partial charge < -0.3 is 5.32 Å². The molecule has 0 aliphatic heterocycles. The number of aromatic nitrogens is 1. The number of thioether (sulfide) groups is 1. The number of thiazole rings is 1. The van der Waals surface area contributed by atoms with Gasteiger partial charge in [0.15, 0.2) is 4.34 Å². The summed E-state index contributed by atoms with van der Waals surface area (Å²) in [6.45, 7) is 0. The summed E-state index contributed by atoms with van der Waals surface area (Å²) < 4.78 is 15.7. The summed E-state index contributed by atoms with van der Waals surface area (Å²) in [5.41, 5.74) is 1.29. The molecule has 3 rings (SSSR count). The number of nitrogens with zero attached hydrogens (tertiary/aromatic N) is 1. The molecule has 0 aliphatic rings.